The number of aromatic nitrogens is 1. The Morgan fingerprint density at radius 1 is 1.50 bits per heavy atom. The van der Waals surface area contributed by atoms with Crippen LogP contribution in [0.2, 0.25) is 0 Å². The van der Waals surface area contributed by atoms with E-state index in [1.165, 1.54) is 0 Å². The van der Waals surface area contributed by atoms with E-state index in [1.807, 2.05) is 0 Å². The van der Waals surface area contributed by atoms with Crippen LogP contribution in [0.4, 0.5) is 13.2 Å². The maximum Gasteiger partial charge on any atom is 0.416 e. The number of hydrogen-bond acceptors (Lipinski definition) is 1. The maximum atomic E-state index is 12.3. The number of alkyl halides is 3. The predicted molar refractivity (Wildman–Crippen MR) is 41.7 cm³/mol. The molecule has 1 aromatic heterocycles. The van der Waals surface area contributed by atoms with Crippen molar-refractivity contribution in [2.75, 3.05) is 0 Å². The van der Waals surface area contributed by atoms with Crippen molar-refractivity contribution in [3.05, 3.63) is 28.0 Å². The fourth-order valence-corrected chi connectivity index (χ4v) is 1.10. The molecule has 66 valence electrons. The minimum absolute atomic E-state index is 0.150. The van der Waals surface area contributed by atoms with Gasteiger partial charge < -0.3 is 0 Å². The van der Waals surface area contributed by atoms with Crippen LogP contribution in [0.25, 0.3) is 0 Å². The molecular formula is C7H5BrF3N. The summed E-state index contributed by atoms with van der Waals surface area (Å²) in [7, 11) is 0. The Morgan fingerprint density at radius 3 is 2.67 bits per heavy atom. The summed E-state index contributed by atoms with van der Waals surface area (Å²) in [5.41, 5.74) is -1.61. The summed E-state index contributed by atoms with van der Waals surface area (Å²) in [5, 5.41) is 0. The van der Waals surface area contributed by atoms with Crippen LogP contribution >= 0.6 is 15.9 Å². The number of pyridine rings is 1. The van der Waals surface area contributed by atoms with E-state index in [0.717, 1.165) is 6.07 Å². The van der Waals surface area contributed by atoms with Gasteiger partial charge in [-0.3, -0.25) is 0 Å². The summed E-state index contributed by atoms with van der Waals surface area (Å²) in [4.78, 5) is 3.47. The quantitative estimate of drug-likeness (QED) is 0.637. The van der Waals surface area contributed by atoms with Crippen LogP contribution in [0.5, 0.6) is 0 Å². The first-order chi connectivity index (χ1) is 6.60. The molecule has 0 aliphatic rings. The number of rotatable bonds is 0. The number of hydrogen-bond donors (Lipinski definition) is 0. The Bertz CT molecular complexity index is 342. The summed E-state index contributed by atoms with van der Waals surface area (Å²) in [6.45, 7) is -2.65. The van der Waals surface area contributed by atoms with Gasteiger partial charge in [-0.05, 0) is 34.9 Å². The van der Waals surface area contributed by atoms with Crippen LogP contribution in [-0.2, 0) is 6.18 Å². The molecule has 0 saturated carbocycles. The van der Waals surface area contributed by atoms with E-state index < -0.39 is 24.3 Å². The van der Waals surface area contributed by atoms with Gasteiger partial charge in [0.15, 0.2) is 0 Å². The molecule has 0 amide bonds. The fraction of sp³-hybridized carbons (Fsp3) is 0.286. The molecule has 0 fully saturated rings. The van der Waals surface area contributed by atoms with Crippen molar-refractivity contribution in [2.24, 2.45) is 0 Å². The van der Waals surface area contributed by atoms with Crippen molar-refractivity contribution >= 4 is 15.9 Å². The lowest BCUT2D eigenvalue weighted by molar-refractivity contribution is -0.137. The van der Waals surface area contributed by atoms with Crippen LogP contribution in [-0.4, -0.2) is 4.98 Å². The first-order valence-corrected chi connectivity index (χ1v) is 3.65. The van der Waals surface area contributed by atoms with E-state index in [-0.39, 0.29) is 4.60 Å². The second-order valence-electron chi connectivity index (χ2n) is 2.06. The number of nitrogens with zero attached hydrogens (tertiary/aromatic N) is 1. The van der Waals surface area contributed by atoms with E-state index in [4.69, 9.17) is 4.11 Å². The molecule has 1 aromatic rings. The average Bonchev–Trinajstić information content (AvgIpc) is 1.99. The predicted octanol–water partition coefficient (Wildman–Crippen LogP) is 3.17. The Morgan fingerprint density at radius 2 is 2.17 bits per heavy atom. The molecule has 0 unspecified atom stereocenters. The highest BCUT2D eigenvalue weighted by atomic mass is 79.9. The van der Waals surface area contributed by atoms with Crippen LogP contribution in [0.3, 0.4) is 0 Å². The molecule has 0 aliphatic heterocycles. The molecule has 0 N–H and O–H groups in total. The SMILES string of the molecule is [2H]C([2H])([2H])c1cc(C(F)(F)F)cc(Br)n1. The second-order valence-corrected chi connectivity index (χ2v) is 2.87. The highest BCUT2D eigenvalue weighted by molar-refractivity contribution is 9.10. The highest BCUT2D eigenvalue weighted by Crippen LogP contribution is 2.30. The normalized spacial score (nSPS) is 16.5. The van der Waals surface area contributed by atoms with Gasteiger partial charge in [0, 0.05) is 9.81 Å². The standard InChI is InChI=1S/C7H5BrF3N/c1-4-2-5(7(9,10)11)3-6(8)12-4/h2-3H,1H3/i1D3. The van der Waals surface area contributed by atoms with Gasteiger partial charge in [0.2, 0.25) is 0 Å². The lowest BCUT2D eigenvalue weighted by atomic mass is 10.2. The van der Waals surface area contributed by atoms with Gasteiger partial charge in [-0.2, -0.15) is 13.2 Å². The monoisotopic (exact) mass is 242 g/mol. The maximum absolute atomic E-state index is 12.3. The van der Waals surface area contributed by atoms with Crippen molar-refractivity contribution in [3.63, 3.8) is 0 Å². The third-order valence-electron chi connectivity index (χ3n) is 1.12. The molecule has 5 heteroatoms. The summed E-state index contributed by atoms with van der Waals surface area (Å²) in [6, 6.07) is 1.26. The molecule has 0 spiro atoms. The minimum Gasteiger partial charge on any atom is -0.246 e. The van der Waals surface area contributed by atoms with Crippen LogP contribution < -0.4 is 0 Å². The summed E-state index contributed by atoms with van der Waals surface area (Å²) in [5.74, 6) is 0. The Hall–Kier alpha value is -0.580. The molecule has 0 atom stereocenters. The van der Waals surface area contributed by atoms with Gasteiger partial charge in [0.05, 0.1) is 5.56 Å². The molecular weight excluding hydrogens is 235 g/mol. The van der Waals surface area contributed by atoms with Crippen molar-refractivity contribution in [1.82, 2.24) is 4.98 Å². The summed E-state index contributed by atoms with van der Waals surface area (Å²) < 4.78 is 57.6. The topological polar surface area (TPSA) is 12.9 Å². The third kappa shape index (κ3) is 2.20. The molecule has 1 rings (SSSR count). The minimum atomic E-state index is -4.58. The summed E-state index contributed by atoms with van der Waals surface area (Å²) in [6.07, 6.45) is -4.58. The fourth-order valence-electron chi connectivity index (χ4n) is 0.661. The summed E-state index contributed by atoms with van der Waals surface area (Å²) >= 11 is 2.74. The first kappa shape index (κ1) is 5.96. The zero-order valence-electron chi connectivity index (χ0n) is 8.61. The van der Waals surface area contributed by atoms with Gasteiger partial charge in [-0.15, -0.1) is 0 Å². The lowest BCUT2D eigenvalue weighted by Gasteiger charge is -2.06. The van der Waals surface area contributed by atoms with E-state index in [2.05, 4.69) is 20.9 Å². The van der Waals surface area contributed by atoms with Crippen molar-refractivity contribution in [3.8, 4) is 0 Å². The molecule has 0 aliphatic carbocycles. The van der Waals surface area contributed by atoms with E-state index in [9.17, 15) is 13.2 Å². The van der Waals surface area contributed by atoms with Gasteiger partial charge >= 0.3 is 6.18 Å². The first-order valence-electron chi connectivity index (χ1n) is 4.36. The molecule has 0 bridgehead atoms. The zero-order valence-corrected chi connectivity index (χ0v) is 7.20. The molecule has 1 heterocycles. The van der Waals surface area contributed by atoms with E-state index in [0.29, 0.717) is 6.07 Å². The Kier molecular flexibility index (Phi) is 1.51. The molecule has 0 radical (unpaired) electrons. The van der Waals surface area contributed by atoms with Crippen LogP contribution in [0, 0.1) is 6.85 Å². The van der Waals surface area contributed by atoms with Gasteiger partial charge in [0.1, 0.15) is 4.60 Å². The van der Waals surface area contributed by atoms with Gasteiger partial charge in [0.25, 0.3) is 0 Å². The number of aryl methyl sites for hydroxylation is 1. The third-order valence-corrected chi connectivity index (χ3v) is 1.53. The smallest absolute Gasteiger partial charge is 0.246 e. The largest absolute Gasteiger partial charge is 0.416 e. The number of halogens is 4. The Balaban J connectivity index is 3.30. The Labute approximate surface area is 80.0 Å². The van der Waals surface area contributed by atoms with Gasteiger partial charge in [-0.1, -0.05) is 0 Å². The van der Waals surface area contributed by atoms with Crippen molar-refractivity contribution < 1.29 is 17.3 Å². The van der Waals surface area contributed by atoms with Crippen LogP contribution in [0.15, 0.2) is 16.7 Å². The molecule has 1 nitrogen and oxygen atoms in total. The molecule has 12 heavy (non-hydrogen) atoms. The van der Waals surface area contributed by atoms with Crippen molar-refractivity contribution in [1.29, 1.82) is 0 Å². The lowest BCUT2D eigenvalue weighted by Crippen LogP contribution is -2.05. The van der Waals surface area contributed by atoms with Crippen LogP contribution in [0.1, 0.15) is 15.4 Å². The zero-order chi connectivity index (χ0) is 11.9. The van der Waals surface area contributed by atoms with Crippen molar-refractivity contribution in [2.45, 2.75) is 13.0 Å². The molecule has 0 aromatic carbocycles. The van der Waals surface area contributed by atoms with E-state index in [1.54, 1.807) is 0 Å². The average molecular weight is 243 g/mol. The highest BCUT2D eigenvalue weighted by Gasteiger charge is 2.30. The van der Waals surface area contributed by atoms with E-state index >= 15 is 0 Å². The van der Waals surface area contributed by atoms with Gasteiger partial charge in [-0.25, -0.2) is 4.98 Å². The second kappa shape index (κ2) is 3.05. The molecule has 0 saturated heterocycles.